The molecule has 262 valence electrons. The standard InChI is InChI=1S/C52H34N4/c1-4-10-35(11-5-1)36-18-24-41(25-19-36)48-34-49(56-52(55-48)45-14-8-3-9-15-45)42-26-20-38(21-27-42)37-16-22-40(23-17-37)47-33-31-44-29-28-43-30-32-46(39-12-6-2-7-13-39)53-50(43)51(44)54-47/h1-34H. The third kappa shape index (κ3) is 6.50. The van der Waals surface area contributed by atoms with Crippen LogP contribution in [0, 0.1) is 0 Å². The monoisotopic (exact) mass is 714 g/mol. The average molecular weight is 715 g/mol. The molecular weight excluding hydrogens is 681 g/mol. The van der Waals surface area contributed by atoms with Gasteiger partial charge in [0.25, 0.3) is 0 Å². The highest BCUT2D eigenvalue weighted by molar-refractivity contribution is 6.04. The van der Waals surface area contributed by atoms with E-state index in [0.717, 1.165) is 83.5 Å². The molecule has 4 nitrogen and oxygen atoms in total. The van der Waals surface area contributed by atoms with Gasteiger partial charge >= 0.3 is 0 Å². The molecule has 3 aromatic heterocycles. The van der Waals surface area contributed by atoms with E-state index < -0.39 is 0 Å². The summed E-state index contributed by atoms with van der Waals surface area (Å²) in [4.78, 5) is 20.3. The lowest BCUT2D eigenvalue weighted by Gasteiger charge is -2.11. The number of hydrogen-bond acceptors (Lipinski definition) is 4. The summed E-state index contributed by atoms with van der Waals surface area (Å²) in [5, 5.41) is 2.15. The second-order valence-corrected chi connectivity index (χ2v) is 13.9. The summed E-state index contributed by atoms with van der Waals surface area (Å²) in [5.41, 5.74) is 15.3. The van der Waals surface area contributed by atoms with Gasteiger partial charge in [0.15, 0.2) is 5.82 Å². The van der Waals surface area contributed by atoms with Crippen molar-refractivity contribution >= 4 is 21.8 Å². The lowest BCUT2D eigenvalue weighted by molar-refractivity contribution is 1.18. The molecule has 0 bridgehead atoms. The molecule has 0 saturated heterocycles. The molecule has 0 unspecified atom stereocenters. The van der Waals surface area contributed by atoms with Crippen molar-refractivity contribution in [2.45, 2.75) is 0 Å². The van der Waals surface area contributed by atoms with Gasteiger partial charge in [-0.15, -0.1) is 0 Å². The summed E-state index contributed by atoms with van der Waals surface area (Å²) in [6.07, 6.45) is 0. The van der Waals surface area contributed by atoms with E-state index in [0.29, 0.717) is 5.82 Å². The molecule has 0 fully saturated rings. The third-order valence-corrected chi connectivity index (χ3v) is 10.3. The lowest BCUT2D eigenvalue weighted by atomic mass is 9.99. The van der Waals surface area contributed by atoms with Gasteiger partial charge in [-0.25, -0.2) is 19.9 Å². The zero-order valence-corrected chi connectivity index (χ0v) is 30.4. The van der Waals surface area contributed by atoms with E-state index in [9.17, 15) is 0 Å². The van der Waals surface area contributed by atoms with Gasteiger partial charge in [-0.2, -0.15) is 0 Å². The number of hydrogen-bond donors (Lipinski definition) is 0. The molecule has 7 aromatic carbocycles. The normalized spacial score (nSPS) is 11.2. The summed E-state index contributed by atoms with van der Waals surface area (Å²) < 4.78 is 0. The summed E-state index contributed by atoms with van der Waals surface area (Å²) >= 11 is 0. The topological polar surface area (TPSA) is 51.6 Å². The maximum Gasteiger partial charge on any atom is 0.160 e. The van der Waals surface area contributed by atoms with Crippen LogP contribution in [0.15, 0.2) is 206 Å². The highest BCUT2D eigenvalue weighted by Crippen LogP contribution is 2.33. The van der Waals surface area contributed by atoms with E-state index in [1.165, 1.54) is 11.1 Å². The van der Waals surface area contributed by atoms with E-state index in [1.807, 2.05) is 42.5 Å². The van der Waals surface area contributed by atoms with E-state index >= 15 is 0 Å². The molecule has 0 spiro atoms. The Kier molecular flexibility index (Phi) is 8.47. The van der Waals surface area contributed by atoms with Crippen LogP contribution in [0.5, 0.6) is 0 Å². The largest absolute Gasteiger partial charge is 0.245 e. The minimum atomic E-state index is 0.701. The number of nitrogens with zero attached hydrogens (tertiary/aromatic N) is 4. The van der Waals surface area contributed by atoms with Crippen LogP contribution in [-0.2, 0) is 0 Å². The predicted molar refractivity (Wildman–Crippen MR) is 231 cm³/mol. The number of aromatic nitrogens is 4. The molecule has 0 aliphatic carbocycles. The van der Waals surface area contributed by atoms with Crippen molar-refractivity contribution < 1.29 is 0 Å². The van der Waals surface area contributed by atoms with Crippen molar-refractivity contribution in [3.05, 3.63) is 206 Å². The Morgan fingerprint density at radius 1 is 0.214 bits per heavy atom. The first-order valence-corrected chi connectivity index (χ1v) is 18.8. The molecule has 10 rings (SSSR count). The predicted octanol–water partition coefficient (Wildman–Crippen LogP) is 13.2. The van der Waals surface area contributed by atoms with Crippen LogP contribution in [0.1, 0.15) is 0 Å². The zero-order chi connectivity index (χ0) is 37.3. The van der Waals surface area contributed by atoms with Crippen LogP contribution < -0.4 is 0 Å². The number of benzene rings is 7. The Hall–Kier alpha value is -7.56. The van der Waals surface area contributed by atoms with Crippen molar-refractivity contribution in [3.63, 3.8) is 0 Å². The molecule has 0 aliphatic rings. The van der Waals surface area contributed by atoms with Crippen molar-refractivity contribution in [2.24, 2.45) is 0 Å². The van der Waals surface area contributed by atoms with Gasteiger partial charge in [-0.1, -0.05) is 188 Å². The van der Waals surface area contributed by atoms with Gasteiger partial charge in [0.05, 0.1) is 33.8 Å². The van der Waals surface area contributed by atoms with Gasteiger partial charge in [0.2, 0.25) is 0 Å². The third-order valence-electron chi connectivity index (χ3n) is 10.3. The molecule has 56 heavy (non-hydrogen) atoms. The van der Waals surface area contributed by atoms with Crippen LogP contribution in [0.2, 0.25) is 0 Å². The quantitative estimate of drug-likeness (QED) is 0.154. The first-order valence-electron chi connectivity index (χ1n) is 18.8. The van der Waals surface area contributed by atoms with Crippen LogP contribution in [0.4, 0.5) is 0 Å². The van der Waals surface area contributed by atoms with Crippen LogP contribution >= 0.6 is 0 Å². The van der Waals surface area contributed by atoms with E-state index in [-0.39, 0.29) is 0 Å². The fraction of sp³-hybridized carbons (Fsp3) is 0. The summed E-state index contributed by atoms with van der Waals surface area (Å²) in [7, 11) is 0. The summed E-state index contributed by atoms with van der Waals surface area (Å²) in [6.45, 7) is 0. The molecule has 0 saturated carbocycles. The SMILES string of the molecule is c1ccc(-c2ccc(-c3cc(-c4ccc(-c5ccc(-c6ccc7ccc8ccc(-c9ccccc9)nc8c7n6)cc5)cc4)nc(-c4ccccc4)n3)cc2)cc1. The number of pyridine rings is 2. The highest BCUT2D eigenvalue weighted by atomic mass is 14.9. The molecule has 0 N–H and O–H groups in total. The first-order chi connectivity index (χ1) is 27.7. The van der Waals surface area contributed by atoms with Crippen molar-refractivity contribution in [1.29, 1.82) is 0 Å². The average Bonchev–Trinajstić information content (AvgIpc) is 3.29. The Morgan fingerprint density at radius 3 is 0.946 bits per heavy atom. The molecule has 4 heteroatoms. The fourth-order valence-electron chi connectivity index (χ4n) is 7.29. The van der Waals surface area contributed by atoms with Gasteiger partial charge in [0.1, 0.15) is 0 Å². The van der Waals surface area contributed by atoms with Crippen molar-refractivity contribution in [1.82, 2.24) is 19.9 Å². The number of fused-ring (bicyclic) bond motifs is 3. The molecule has 0 atom stereocenters. The van der Waals surface area contributed by atoms with Crippen LogP contribution in [0.3, 0.4) is 0 Å². The molecular formula is C52H34N4. The Morgan fingerprint density at radius 2 is 0.518 bits per heavy atom. The molecule has 3 heterocycles. The summed E-state index contributed by atoms with van der Waals surface area (Å²) in [5.74, 6) is 0.701. The molecule has 10 aromatic rings. The van der Waals surface area contributed by atoms with Crippen molar-refractivity contribution in [2.75, 3.05) is 0 Å². The fourth-order valence-corrected chi connectivity index (χ4v) is 7.29. The van der Waals surface area contributed by atoms with Gasteiger partial charge in [0, 0.05) is 38.6 Å². The second-order valence-electron chi connectivity index (χ2n) is 13.9. The highest BCUT2D eigenvalue weighted by Gasteiger charge is 2.13. The van der Waals surface area contributed by atoms with Gasteiger partial charge < -0.3 is 0 Å². The molecule has 0 radical (unpaired) electrons. The maximum absolute atomic E-state index is 5.16. The van der Waals surface area contributed by atoms with E-state index in [4.69, 9.17) is 19.9 Å². The van der Waals surface area contributed by atoms with E-state index in [2.05, 4.69) is 164 Å². The minimum Gasteiger partial charge on any atom is -0.245 e. The smallest absolute Gasteiger partial charge is 0.160 e. The molecule has 0 aliphatic heterocycles. The lowest BCUT2D eigenvalue weighted by Crippen LogP contribution is -1.96. The van der Waals surface area contributed by atoms with Crippen molar-refractivity contribution in [3.8, 4) is 78.7 Å². The summed E-state index contributed by atoms with van der Waals surface area (Å²) in [6, 6.07) is 71.6. The molecule has 0 amide bonds. The minimum absolute atomic E-state index is 0.701. The Bertz CT molecular complexity index is 2960. The first kappa shape index (κ1) is 33.0. The Labute approximate surface area is 325 Å². The van der Waals surface area contributed by atoms with E-state index in [1.54, 1.807) is 0 Å². The Balaban J connectivity index is 0.946. The zero-order valence-electron chi connectivity index (χ0n) is 30.4. The number of rotatable bonds is 7. The van der Waals surface area contributed by atoms with Gasteiger partial charge in [-0.05, 0) is 40.5 Å². The second kappa shape index (κ2) is 14.3. The van der Waals surface area contributed by atoms with Crippen LogP contribution in [-0.4, -0.2) is 19.9 Å². The van der Waals surface area contributed by atoms with Gasteiger partial charge in [-0.3, -0.25) is 0 Å². The van der Waals surface area contributed by atoms with Crippen LogP contribution in [0.25, 0.3) is 100 Å². The maximum atomic E-state index is 5.16.